The van der Waals surface area contributed by atoms with Crippen molar-refractivity contribution in [2.75, 3.05) is 0 Å². The lowest BCUT2D eigenvalue weighted by molar-refractivity contribution is -0.573. The minimum Gasteiger partial charge on any atom is -0.458 e. The predicted molar refractivity (Wildman–Crippen MR) is 244 cm³/mol. The van der Waals surface area contributed by atoms with Crippen molar-refractivity contribution in [3.05, 3.63) is 175 Å². The largest absolute Gasteiger partial charge is 0.458 e. The van der Waals surface area contributed by atoms with Crippen molar-refractivity contribution in [2.45, 2.75) is 82.9 Å². The lowest BCUT2D eigenvalue weighted by Gasteiger charge is -2.30. The topological polar surface area (TPSA) is 35.9 Å². The molecule has 9 aromatic rings. The maximum Gasteiger partial charge on any atom is 0.269 e. The number of hydrogen-bond acceptors (Lipinski definition) is 2. The van der Waals surface area contributed by atoms with Gasteiger partial charge in [0.25, 0.3) is 6.33 Å². The van der Waals surface area contributed by atoms with E-state index in [2.05, 4.69) is 88.3 Å². The molecule has 2 aliphatic carbocycles. The number of fused-ring (bicyclic) bond motifs is 4. The molecule has 0 spiro atoms. The summed E-state index contributed by atoms with van der Waals surface area (Å²) < 4.78 is 38.9. The molecule has 2 fully saturated rings. The Morgan fingerprint density at radius 3 is 2.05 bits per heavy atom. The van der Waals surface area contributed by atoms with Crippen LogP contribution in [0.5, 0.6) is 11.5 Å². The lowest BCUT2D eigenvalue weighted by atomic mass is 9.78. The van der Waals surface area contributed by atoms with Gasteiger partial charge in [0.15, 0.2) is 0 Å². The van der Waals surface area contributed by atoms with Crippen LogP contribution < -0.4 is 9.30 Å². The molecule has 60 heavy (non-hydrogen) atoms. The number of aryl methyl sites for hydroxylation is 1. The Kier molecular flexibility index (Phi) is 8.69. The Morgan fingerprint density at radius 2 is 1.28 bits per heavy atom. The van der Waals surface area contributed by atoms with Crippen LogP contribution in [-0.4, -0.2) is 14.1 Å². The number of pyridine rings is 1. The second kappa shape index (κ2) is 15.6. The molecule has 5 nitrogen and oxygen atoms in total. The van der Waals surface area contributed by atoms with Crippen molar-refractivity contribution in [2.24, 2.45) is 0 Å². The van der Waals surface area contributed by atoms with E-state index in [1.165, 1.54) is 81.0 Å². The Balaban J connectivity index is 0.994. The number of ether oxygens (including phenoxy) is 1. The van der Waals surface area contributed by atoms with Crippen molar-refractivity contribution in [1.29, 1.82) is 0 Å². The third kappa shape index (κ3) is 6.57. The van der Waals surface area contributed by atoms with Crippen LogP contribution in [0, 0.1) is 13.2 Å². The fourth-order valence-corrected chi connectivity index (χ4v) is 10.2. The molecule has 0 radical (unpaired) electrons. The second-order valence-corrected chi connectivity index (χ2v) is 16.8. The molecule has 6 aromatic carbocycles. The van der Waals surface area contributed by atoms with E-state index >= 15 is 0 Å². The van der Waals surface area contributed by atoms with Gasteiger partial charge in [-0.15, -0.1) is 0 Å². The molecule has 0 saturated heterocycles. The molecule has 296 valence electrons. The summed E-state index contributed by atoms with van der Waals surface area (Å²) in [6.45, 7) is -2.35. The van der Waals surface area contributed by atoms with Crippen LogP contribution in [0.15, 0.2) is 152 Å². The van der Waals surface area contributed by atoms with Gasteiger partial charge in [-0.05, 0) is 109 Å². The van der Waals surface area contributed by atoms with Crippen LogP contribution in [0.4, 0.5) is 0 Å². The Morgan fingerprint density at radius 1 is 0.617 bits per heavy atom. The molecule has 3 aromatic heterocycles. The normalized spacial score (nSPS) is 16.2. The number of benzene rings is 6. The molecular weight excluding hydrogens is 733 g/mol. The molecule has 0 aliphatic heterocycles. The monoisotopic (exact) mass is 785 g/mol. The third-order valence-corrected chi connectivity index (χ3v) is 13.1. The lowest BCUT2D eigenvalue weighted by Crippen LogP contribution is -2.34. The SMILES string of the molecule is [2H]C([2H])([2H])c1cc(-n2c3ccccc3c3ccc(Oc4cccc(-n5[c-][n+](-c6c(C7CCCCC7)cccc6C6CCCCC6)c6ccccc65)c4)cc32)ncc1-c1ccccc1. The molecule has 3 heterocycles. The molecule has 0 N–H and O–H groups in total. The minimum atomic E-state index is -2.35. The van der Waals surface area contributed by atoms with E-state index in [1.807, 2.05) is 71.3 Å². The van der Waals surface area contributed by atoms with Crippen LogP contribution in [0.2, 0.25) is 0 Å². The highest BCUT2D eigenvalue weighted by Gasteiger charge is 2.27. The summed E-state index contributed by atoms with van der Waals surface area (Å²) >= 11 is 0. The number of rotatable bonds is 8. The van der Waals surface area contributed by atoms with Gasteiger partial charge in [-0.1, -0.05) is 136 Å². The molecule has 0 unspecified atom stereocenters. The highest BCUT2D eigenvalue weighted by atomic mass is 16.5. The molecule has 0 bridgehead atoms. The van der Waals surface area contributed by atoms with Gasteiger partial charge >= 0.3 is 0 Å². The van der Waals surface area contributed by atoms with Gasteiger partial charge < -0.3 is 4.74 Å². The number of para-hydroxylation sites is 4. The van der Waals surface area contributed by atoms with Crippen LogP contribution in [0.25, 0.3) is 61.2 Å². The summed E-state index contributed by atoms with van der Waals surface area (Å²) in [6.07, 6.45) is 18.4. The molecule has 0 atom stereocenters. The smallest absolute Gasteiger partial charge is 0.269 e. The van der Waals surface area contributed by atoms with Crippen LogP contribution in [0.1, 0.15) is 96.8 Å². The predicted octanol–water partition coefficient (Wildman–Crippen LogP) is 14.1. The molecule has 0 amide bonds. The van der Waals surface area contributed by atoms with E-state index in [0.29, 0.717) is 34.7 Å². The van der Waals surface area contributed by atoms with Gasteiger partial charge in [0.05, 0.1) is 33.4 Å². The average molecular weight is 786 g/mol. The van der Waals surface area contributed by atoms with E-state index in [4.69, 9.17) is 13.8 Å². The highest BCUT2D eigenvalue weighted by molar-refractivity contribution is 6.09. The van der Waals surface area contributed by atoms with Gasteiger partial charge in [0.1, 0.15) is 17.3 Å². The summed E-state index contributed by atoms with van der Waals surface area (Å²) in [5.74, 6) is 3.01. The summed E-state index contributed by atoms with van der Waals surface area (Å²) in [5.41, 5.74) is 11.0. The number of hydrogen-bond donors (Lipinski definition) is 0. The van der Waals surface area contributed by atoms with Gasteiger partial charge in [-0.25, -0.2) is 4.98 Å². The van der Waals surface area contributed by atoms with Gasteiger partial charge in [-0.2, -0.15) is 0 Å². The molecule has 2 aliphatic rings. The van der Waals surface area contributed by atoms with E-state index in [0.717, 1.165) is 44.1 Å². The number of imidazole rings is 1. The van der Waals surface area contributed by atoms with Crippen LogP contribution >= 0.6 is 0 Å². The highest BCUT2D eigenvalue weighted by Crippen LogP contribution is 2.42. The van der Waals surface area contributed by atoms with E-state index in [9.17, 15) is 0 Å². The van der Waals surface area contributed by atoms with Crippen molar-refractivity contribution < 1.29 is 13.4 Å². The van der Waals surface area contributed by atoms with Crippen molar-refractivity contribution in [1.82, 2.24) is 14.1 Å². The fourth-order valence-electron chi connectivity index (χ4n) is 10.2. The summed E-state index contributed by atoms with van der Waals surface area (Å²) in [4.78, 5) is 4.91. The molecule has 2 saturated carbocycles. The molecular formula is C55H50N4O. The van der Waals surface area contributed by atoms with Crippen molar-refractivity contribution in [3.63, 3.8) is 0 Å². The zero-order valence-electron chi connectivity index (χ0n) is 36.9. The first kappa shape index (κ1) is 33.4. The maximum absolute atomic E-state index is 8.51. The Bertz CT molecular complexity index is 3080. The van der Waals surface area contributed by atoms with E-state index < -0.39 is 6.85 Å². The molecule has 5 heteroatoms. The summed E-state index contributed by atoms with van der Waals surface area (Å²) in [7, 11) is 0. The van der Waals surface area contributed by atoms with E-state index in [1.54, 1.807) is 12.3 Å². The zero-order chi connectivity index (χ0) is 42.5. The number of aromatic nitrogens is 4. The first-order chi connectivity index (χ1) is 30.9. The van der Waals surface area contributed by atoms with Crippen LogP contribution in [0.3, 0.4) is 0 Å². The van der Waals surface area contributed by atoms with E-state index in [-0.39, 0.29) is 5.56 Å². The first-order valence-electron chi connectivity index (χ1n) is 23.3. The number of nitrogens with zero attached hydrogens (tertiary/aromatic N) is 4. The average Bonchev–Trinajstić information content (AvgIpc) is 3.88. The fraction of sp³-hybridized carbons (Fsp3) is 0.236. The van der Waals surface area contributed by atoms with Crippen molar-refractivity contribution >= 4 is 32.8 Å². The zero-order valence-corrected chi connectivity index (χ0v) is 33.9. The first-order valence-corrected chi connectivity index (χ1v) is 21.8. The summed E-state index contributed by atoms with van der Waals surface area (Å²) in [6, 6.07) is 49.7. The second-order valence-electron chi connectivity index (χ2n) is 16.8. The van der Waals surface area contributed by atoms with Gasteiger partial charge in [0, 0.05) is 32.7 Å². The summed E-state index contributed by atoms with van der Waals surface area (Å²) in [5, 5.41) is 2.07. The van der Waals surface area contributed by atoms with Gasteiger partial charge in [-0.3, -0.25) is 13.7 Å². The van der Waals surface area contributed by atoms with Crippen molar-refractivity contribution in [3.8, 4) is 39.8 Å². The Labute approximate surface area is 356 Å². The molecule has 11 rings (SSSR count). The minimum absolute atomic E-state index is 0.257. The van der Waals surface area contributed by atoms with Gasteiger partial charge in [0.2, 0.25) is 0 Å². The quantitative estimate of drug-likeness (QED) is 0.114. The standard InChI is InChI=1S/C55H50N4O/c1-38-33-54(56-36-49(38)41-21-9-4-10-22-41)59-50-28-12-11-25-47(50)48-32-31-44(35-53(48)59)60-43-24-15-23-42(34-43)57-37-58(52-30-14-13-29-51(52)57)55-45(39-17-5-2-6-18-39)26-16-27-46(55)40-19-7-3-8-20-40/h4,9-16,21-36,39-40H,2-3,5-8,17-20H2,1H3/i1D3. The third-order valence-electron chi connectivity index (χ3n) is 13.1. The Hall–Kier alpha value is -6.46. The van der Waals surface area contributed by atoms with Crippen LogP contribution in [-0.2, 0) is 0 Å². The maximum atomic E-state index is 8.51.